The molecule has 0 aliphatic carbocycles. The first-order chi connectivity index (χ1) is 16.6. The average molecular weight is 491 g/mol. The minimum Gasteiger partial charge on any atom is -0.403 e. The van der Waals surface area contributed by atoms with Gasteiger partial charge in [-0.25, -0.2) is 13.8 Å². The molecule has 0 spiro atoms. The van der Waals surface area contributed by atoms with Gasteiger partial charge in [-0.1, -0.05) is 17.7 Å². The first-order valence-corrected chi connectivity index (χ1v) is 11.0. The molecule has 1 aromatic heterocycles. The highest BCUT2D eigenvalue weighted by Gasteiger charge is 2.57. The Balaban J connectivity index is 1.69. The first kappa shape index (κ1) is 20.0. The Kier molecular flexibility index (Phi) is 5.12. The Labute approximate surface area is 190 Å². The predicted octanol–water partition coefficient (Wildman–Crippen LogP) is 0.296. The van der Waals surface area contributed by atoms with Gasteiger partial charge in [0.2, 0.25) is 0 Å². The zero-order valence-corrected chi connectivity index (χ0v) is 18.2. The third-order valence-electron chi connectivity index (χ3n) is 4.98. The van der Waals surface area contributed by atoms with Gasteiger partial charge < -0.3 is 24.6 Å². The molecule has 4 N–H and O–H groups in total. The number of H-pyrrole nitrogens is 1. The van der Waals surface area contributed by atoms with Crippen molar-refractivity contribution in [2.75, 3.05) is 6.56 Å². The second kappa shape index (κ2) is 8.44. The number of aliphatic hydroxyl groups is 3. The van der Waals surface area contributed by atoms with Gasteiger partial charge in [-0.05, 0) is 19.4 Å². The number of hydrogen-bond acceptors (Lipinski definition) is 10. The number of nitrogens with one attached hydrogen (secondary N) is 1. The molecule has 2 aliphatic heterocycles. The third-order valence-corrected chi connectivity index (χ3v) is 6.15. The molecule has 1 aromatic carbocycles. The van der Waals surface area contributed by atoms with Crippen LogP contribution in [0.15, 0.2) is 27.9 Å². The summed E-state index contributed by atoms with van der Waals surface area (Å²) in [6.45, 7) is -1.77. The van der Waals surface area contributed by atoms with E-state index < -0.39 is 62.1 Å². The molecule has 1 unspecified atom stereocenters. The van der Waals surface area contributed by atoms with Crippen molar-refractivity contribution in [1.82, 2.24) is 9.55 Å². The quantitative estimate of drug-likeness (QED) is 0.427. The highest BCUT2D eigenvalue weighted by Crippen LogP contribution is 2.56. The summed E-state index contributed by atoms with van der Waals surface area (Å²) in [7, 11) is -4.89. The van der Waals surface area contributed by atoms with Crippen LogP contribution < -0.4 is 15.8 Å². The lowest BCUT2D eigenvalue weighted by atomic mass is 10.1. The Morgan fingerprint density at radius 2 is 2.15 bits per heavy atom. The summed E-state index contributed by atoms with van der Waals surface area (Å²) >= 11 is 0. The van der Waals surface area contributed by atoms with E-state index >= 15 is 4.39 Å². The second-order valence-electron chi connectivity index (χ2n) is 7.49. The number of ether oxygens (including phenoxy) is 1. The number of halogens is 1. The van der Waals surface area contributed by atoms with Crippen LogP contribution in [-0.2, 0) is 31.6 Å². The molecule has 2 aliphatic rings. The Morgan fingerprint density at radius 3 is 2.85 bits per heavy atom. The molecule has 180 valence electrons. The van der Waals surface area contributed by atoms with Gasteiger partial charge in [0.1, 0.15) is 24.5 Å². The van der Waals surface area contributed by atoms with Crippen LogP contribution in [0.4, 0.5) is 4.39 Å². The first-order valence-electron chi connectivity index (χ1n) is 11.0. The molecule has 0 radical (unpaired) electrons. The summed E-state index contributed by atoms with van der Waals surface area (Å²) in [5.74, 6) is -4.06. The van der Waals surface area contributed by atoms with Crippen molar-refractivity contribution in [2.24, 2.45) is 0 Å². The van der Waals surface area contributed by atoms with Crippen LogP contribution in [0.5, 0.6) is 5.75 Å². The van der Waals surface area contributed by atoms with E-state index in [0.29, 0.717) is 17.3 Å². The van der Waals surface area contributed by atoms with Crippen LogP contribution in [-0.4, -0.2) is 49.5 Å². The summed E-state index contributed by atoms with van der Waals surface area (Å²) in [6.07, 6.45) is -8.21. The van der Waals surface area contributed by atoms with Crippen molar-refractivity contribution in [3.05, 3.63) is 61.4 Å². The summed E-state index contributed by atoms with van der Waals surface area (Å²) in [5, 5.41) is 30.1. The fraction of sp³-hybridized carbons (Fsp3) is 0.474. The predicted molar refractivity (Wildman–Crippen MR) is 108 cm³/mol. The highest BCUT2D eigenvalue weighted by atomic mass is 31.2. The van der Waals surface area contributed by atoms with Crippen molar-refractivity contribution in [3.63, 3.8) is 0 Å². The van der Waals surface area contributed by atoms with Crippen LogP contribution >= 0.6 is 7.82 Å². The molecule has 5 atom stereocenters. The van der Waals surface area contributed by atoms with E-state index in [1.54, 1.807) is 31.0 Å². The molecule has 33 heavy (non-hydrogen) atoms. The number of aryl methyl sites for hydroxylation is 2. The van der Waals surface area contributed by atoms with Gasteiger partial charge in [0.05, 0.1) is 22.9 Å². The molecule has 0 bridgehead atoms. The number of fused-ring (bicyclic) bond motifs is 1. The SMILES string of the molecule is [2H]C([2H])(OP1(=O)OCc2cc(C)cc(C)c2O1)[C@@]1(F)O[C@@]([2H])(n2cc(CO)c(=O)[nH]c2=O)[C@H](O)[C@@H]1O. The zero-order chi connectivity index (χ0) is 26.8. The van der Waals surface area contributed by atoms with E-state index in [4.69, 9.17) is 22.4 Å². The average Bonchev–Trinajstić information content (AvgIpc) is 2.95. The topological polar surface area (TPSA) is 170 Å². The molecule has 0 saturated carbocycles. The summed E-state index contributed by atoms with van der Waals surface area (Å²) in [5.41, 5.74) is -1.14. The number of rotatable bonds is 5. The Morgan fingerprint density at radius 1 is 1.42 bits per heavy atom. The van der Waals surface area contributed by atoms with Crippen LogP contribution in [0.2, 0.25) is 0 Å². The number of aromatic nitrogens is 2. The van der Waals surface area contributed by atoms with Crippen molar-refractivity contribution in [3.8, 4) is 5.75 Å². The lowest BCUT2D eigenvalue weighted by Crippen LogP contribution is -2.43. The lowest BCUT2D eigenvalue weighted by molar-refractivity contribution is -0.205. The zero-order valence-electron chi connectivity index (χ0n) is 20.3. The molecule has 0 amide bonds. The Bertz CT molecular complexity index is 1390. The van der Waals surface area contributed by atoms with E-state index in [9.17, 15) is 29.5 Å². The normalized spacial score (nSPS) is 35.3. The second-order valence-corrected chi connectivity index (χ2v) is 9.01. The smallest absolute Gasteiger partial charge is 0.403 e. The number of aromatic amines is 1. The van der Waals surface area contributed by atoms with E-state index in [0.717, 1.165) is 5.56 Å². The number of phosphoric ester groups is 1. The number of nitrogens with zero attached hydrogens (tertiary/aromatic N) is 1. The van der Waals surface area contributed by atoms with E-state index in [1.807, 2.05) is 0 Å². The Hall–Kier alpha value is -2.38. The van der Waals surface area contributed by atoms with Crippen LogP contribution in [0, 0.1) is 13.8 Å². The van der Waals surface area contributed by atoms with Crippen molar-refractivity contribution < 1.29 is 46.7 Å². The monoisotopic (exact) mass is 491 g/mol. The maximum absolute atomic E-state index is 15.9. The minimum absolute atomic E-state index is 0.0537. The molecular weight excluding hydrogens is 466 g/mol. The fourth-order valence-electron chi connectivity index (χ4n) is 3.40. The van der Waals surface area contributed by atoms with E-state index in [1.165, 1.54) is 0 Å². The van der Waals surface area contributed by atoms with Crippen molar-refractivity contribution in [2.45, 2.75) is 51.3 Å². The minimum atomic E-state index is -4.89. The van der Waals surface area contributed by atoms with Gasteiger partial charge >= 0.3 is 13.5 Å². The van der Waals surface area contributed by atoms with Gasteiger partial charge in [0.25, 0.3) is 11.4 Å². The number of alkyl halides is 1. The van der Waals surface area contributed by atoms with E-state index in [-0.39, 0.29) is 16.9 Å². The van der Waals surface area contributed by atoms with Crippen LogP contribution in [0.3, 0.4) is 0 Å². The van der Waals surface area contributed by atoms with Crippen LogP contribution in [0.25, 0.3) is 0 Å². The van der Waals surface area contributed by atoms with E-state index in [2.05, 4.69) is 0 Å². The molecule has 2 aromatic rings. The molecule has 1 saturated heterocycles. The lowest BCUT2D eigenvalue weighted by Gasteiger charge is -2.29. The van der Waals surface area contributed by atoms with Gasteiger partial charge in [0, 0.05) is 11.8 Å². The maximum Gasteiger partial charge on any atom is 0.530 e. The van der Waals surface area contributed by atoms with Gasteiger partial charge in [-0.2, -0.15) is 0 Å². The maximum atomic E-state index is 15.9. The summed E-state index contributed by atoms with van der Waals surface area (Å²) in [4.78, 5) is 25.7. The summed E-state index contributed by atoms with van der Waals surface area (Å²) < 4.78 is 73.4. The molecule has 14 heteroatoms. The molecule has 3 heterocycles. The number of phosphoric acid groups is 1. The van der Waals surface area contributed by atoms with Gasteiger partial charge in [-0.3, -0.25) is 23.4 Å². The molecule has 4 rings (SSSR count). The molecule has 1 fully saturated rings. The van der Waals surface area contributed by atoms with Gasteiger partial charge in [-0.15, -0.1) is 0 Å². The fourth-order valence-corrected chi connectivity index (χ4v) is 4.56. The third kappa shape index (κ3) is 4.28. The van der Waals surface area contributed by atoms with Gasteiger partial charge in [0.15, 0.2) is 6.20 Å². The number of benzene rings is 1. The van der Waals surface area contributed by atoms with Crippen molar-refractivity contribution in [1.29, 1.82) is 0 Å². The van der Waals surface area contributed by atoms with Crippen LogP contribution in [0.1, 0.15) is 32.6 Å². The largest absolute Gasteiger partial charge is 0.530 e. The number of aliphatic hydroxyl groups excluding tert-OH is 3. The van der Waals surface area contributed by atoms with Crippen molar-refractivity contribution >= 4 is 7.82 Å². The summed E-state index contributed by atoms with van der Waals surface area (Å²) in [6, 6.07) is 3.34. The molecular formula is C19H22FN2O10P. The standard InChI is InChI=1S/C19H22FN2O10P/c1-9-3-10(2)14-11(4-9)7-29-33(28,32-14)30-8-19(20)15(25)13(24)17(31-19)22-5-12(6-23)16(26)21-18(22)27/h3-5,13,15,17,23-25H,6-8H2,1-2H3,(H,21,26,27)/t13-,15+,17-,19-,33?/m1/s1/i8D2,17D. The number of hydrogen-bond donors (Lipinski definition) is 4. The highest BCUT2D eigenvalue weighted by molar-refractivity contribution is 7.49. The molecule has 12 nitrogen and oxygen atoms in total.